The van der Waals surface area contributed by atoms with E-state index in [4.69, 9.17) is 11.6 Å². The van der Waals surface area contributed by atoms with E-state index in [1.807, 2.05) is 0 Å². The van der Waals surface area contributed by atoms with Crippen molar-refractivity contribution in [1.82, 2.24) is 4.90 Å². The Morgan fingerprint density at radius 2 is 1.84 bits per heavy atom. The van der Waals surface area contributed by atoms with E-state index in [1.165, 1.54) is 49.2 Å². The van der Waals surface area contributed by atoms with Crippen LogP contribution in [0.25, 0.3) is 0 Å². The Morgan fingerprint density at radius 1 is 1.19 bits per heavy atom. The lowest BCUT2D eigenvalue weighted by Gasteiger charge is -2.23. The Morgan fingerprint density at radius 3 is 2.45 bits per heavy atom. The smallest absolute Gasteiger partial charge is 0.325 e. The van der Waals surface area contributed by atoms with Gasteiger partial charge in [-0.1, -0.05) is 23.7 Å². The molecule has 2 aromatic rings. The van der Waals surface area contributed by atoms with Gasteiger partial charge in [0.05, 0.1) is 28.1 Å². The van der Waals surface area contributed by atoms with Crippen LogP contribution in [0.15, 0.2) is 42.5 Å². The van der Waals surface area contributed by atoms with Crippen LogP contribution in [-0.2, 0) is 15.8 Å². The van der Waals surface area contributed by atoms with Crippen molar-refractivity contribution in [2.24, 2.45) is 0 Å². The number of hydrogen-bond donors (Lipinski definition) is 2. The summed E-state index contributed by atoms with van der Waals surface area (Å²) in [7, 11) is 1.45. The Bertz CT molecular complexity index is 1000. The molecule has 166 valence electrons. The molecule has 0 saturated carbocycles. The Hall–Kier alpha value is -3.18. The zero-order chi connectivity index (χ0) is 23.3. The third-order valence-corrected chi connectivity index (χ3v) is 4.68. The minimum Gasteiger partial charge on any atom is -0.325 e. The van der Waals surface area contributed by atoms with E-state index >= 15 is 0 Å². The van der Waals surface area contributed by atoms with Crippen LogP contribution in [0.4, 0.5) is 30.2 Å². The topological polar surface area (TPSA) is 105 Å². The number of carbonyl (C=O) groups excluding carboxylic acids is 2. The fourth-order valence-corrected chi connectivity index (χ4v) is 2.78. The highest BCUT2D eigenvalue weighted by atomic mass is 35.5. The number of amides is 2. The second-order valence-electron chi connectivity index (χ2n) is 6.60. The highest BCUT2D eigenvalue weighted by Crippen LogP contribution is 2.36. The van der Waals surface area contributed by atoms with Crippen LogP contribution < -0.4 is 10.6 Å². The molecule has 31 heavy (non-hydrogen) atoms. The highest BCUT2D eigenvalue weighted by Gasteiger charge is 2.33. The Kier molecular flexibility index (Phi) is 7.58. The number of hydrogen-bond acceptors (Lipinski definition) is 5. The van der Waals surface area contributed by atoms with Crippen molar-refractivity contribution in [2.75, 3.05) is 24.2 Å². The quantitative estimate of drug-likeness (QED) is 0.478. The number of nitro benzene ring substituents is 1. The first-order valence-corrected chi connectivity index (χ1v) is 9.19. The molecule has 2 amide bonds. The summed E-state index contributed by atoms with van der Waals surface area (Å²) in [4.78, 5) is 36.4. The molecule has 0 aliphatic carbocycles. The van der Waals surface area contributed by atoms with Gasteiger partial charge in [-0.25, -0.2) is 0 Å². The lowest BCUT2D eigenvalue weighted by Crippen LogP contribution is -2.43. The first-order chi connectivity index (χ1) is 14.4. The van der Waals surface area contributed by atoms with Gasteiger partial charge in [-0.2, -0.15) is 13.2 Å². The van der Waals surface area contributed by atoms with Crippen LogP contribution in [0.1, 0.15) is 12.5 Å². The fraction of sp³-hybridized carbons (Fsp3) is 0.263. The molecule has 0 fully saturated rings. The molecule has 8 nitrogen and oxygen atoms in total. The summed E-state index contributed by atoms with van der Waals surface area (Å²) in [5, 5.41) is 15.3. The van der Waals surface area contributed by atoms with Gasteiger partial charge < -0.3 is 10.6 Å². The number of benzene rings is 2. The Balaban J connectivity index is 2.01. The van der Waals surface area contributed by atoms with Gasteiger partial charge in [-0.15, -0.1) is 0 Å². The van der Waals surface area contributed by atoms with Crippen molar-refractivity contribution in [3.8, 4) is 0 Å². The molecule has 0 radical (unpaired) electrons. The lowest BCUT2D eigenvalue weighted by atomic mass is 10.2. The molecule has 2 N–H and O–H groups in total. The number of nitro groups is 1. The third kappa shape index (κ3) is 6.40. The summed E-state index contributed by atoms with van der Waals surface area (Å²) in [6, 6.07) is 7.66. The number of nitrogens with zero attached hydrogens (tertiary/aromatic N) is 2. The van der Waals surface area contributed by atoms with Crippen LogP contribution in [-0.4, -0.2) is 41.3 Å². The van der Waals surface area contributed by atoms with E-state index in [0.717, 1.165) is 6.07 Å². The van der Waals surface area contributed by atoms with E-state index in [1.54, 1.807) is 0 Å². The number of halogens is 4. The van der Waals surface area contributed by atoms with E-state index in [-0.39, 0.29) is 23.6 Å². The third-order valence-electron chi connectivity index (χ3n) is 4.35. The number of anilines is 2. The van der Waals surface area contributed by atoms with Crippen LogP contribution in [0.5, 0.6) is 0 Å². The van der Waals surface area contributed by atoms with Gasteiger partial charge in [0, 0.05) is 11.8 Å². The minimum atomic E-state index is -4.68. The van der Waals surface area contributed by atoms with E-state index < -0.39 is 39.5 Å². The molecule has 0 heterocycles. The largest absolute Gasteiger partial charge is 0.417 e. The van der Waals surface area contributed by atoms with Gasteiger partial charge >= 0.3 is 6.18 Å². The van der Waals surface area contributed by atoms with Crippen molar-refractivity contribution in [1.29, 1.82) is 0 Å². The molecule has 1 atom stereocenters. The number of rotatable bonds is 7. The summed E-state index contributed by atoms with van der Waals surface area (Å²) in [6.07, 6.45) is -4.68. The van der Waals surface area contributed by atoms with Crippen molar-refractivity contribution < 1.29 is 27.7 Å². The molecule has 0 aliphatic heterocycles. The Labute approximate surface area is 180 Å². The van der Waals surface area contributed by atoms with Gasteiger partial charge in [0.15, 0.2) is 0 Å². The SMILES string of the molecule is CC(C(=O)Nc1ccccc1[N+](=O)[O-])N(C)CC(=O)Nc1ccc(Cl)c(C(F)(F)F)c1. The first kappa shape index (κ1) is 24.1. The van der Waals surface area contributed by atoms with Gasteiger partial charge in [0.1, 0.15) is 5.69 Å². The molecular weight excluding hydrogens is 441 g/mol. The molecule has 0 spiro atoms. The van der Waals surface area contributed by atoms with E-state index in [0.29, 0.717) is 6.07 Å². The van der Waals surface area contributed by atoms with E-state index in [2.05, 4.69) is 10.6 Å². The number of nitrogens with one attached hydrogen (secondary N) is 2. The normalized spacial score (nSPS) is 12.4. The van der Waals surface area contributed by atoms with Gasteiger partial charge in [0.2, 0.25) is 11.8 Å². The molecule has 0 bridgehead atoms. The maximum absolute atomic E-state index is 12.9. The van der Waals surface area contributed by atoms with Crippen molar-refractivity contribution >= 4 is 40.5 Å². The predicted octanol–water partition coefficient (Wildman–Crippen LogP) is 4.16. The summed E-state index contributed by atoms with van der Waals surface area (Å²) >= 11 is 5.55. The maximum atomic E-state index is 12.9. The molecule has 2 rings (SSSR count). The average molecular weight is 459 g/mol. The minimum absolute atomic E-state index is 0.00282. The van der Waals surface area contributed by atoms with Gasteiger partial charge in [-0.05, 0) is 38.2 Å². The molecule has 1 unspecified atom stereocenters. The van der Waals surface area contributed by atoms with Gasteiger partial charge in [0.25, 0.3) is 5.69 Å². The standard InChI is InChI=1S/C19H18ClF3N4O4/c1-11(18(29)25-15-5-3-4-6-16(15)27(30)31)26(2)10-17(28)24-12-7-8-14(20)13(9-12)19(21,22)23/h3-9,11H,10H2,1-2H3,(H,24,28)(H,25,29). The predicted molar refractivity (Wildman–Crippen MR) is 109 cm³/mol. The van der Waals surface area contributed by atoms with Crippen LogP contribution >= 0.6 is 11.6 Å². The number of para-hydroxylation sites is 2. The first-order valence-electron chi connectivity index (χ1n) is 8.81. The van der Waals surface area contributed by atoms with Crippen LogP contribution in [0.3, 0.4) is 0 Å². The molecule has 0 saturated heterocycles. The average Bonchev–Trinajstić information content (AvgIpc) is 2.68. The summed E-state index contributed by atoms with van der Waals surface area (Å²) in [6.45, 7) is 1.15. The molecule has 12 heteroatoms. The maximum Gasteiger partial charge on any atom is 0.417 e. The summed E-state index contributed by atoms with van der Waals surface area (Å²) < 4.78 is 38.8. The summed E-state index contributed by atoms with van der Waals surface area (Å²) in [5.41, 5.74) is -1.47. The monoisotopic (exact) mass is 458 g/mol. The van der Waals surface area contributed by atoms with Crippen molar-refractivity contribution in [3.05, 3.63) is 63.2 Å². The zero-order valence-electron chi connectivity index (χ0n) is 16.4. The number of alkyl halides is 3. The number of likely N-dealkylation sites (N-methyl/N-ethyl adjacent to an activating group) is 1. The highest BCUT2D eigenvalue weighted by molar-refractivity contribution is 6.31. The lowest BCUT2D eigenvalue weighted by molar-refractivity contribution is -0.383. The molecule has 0 aliphatic rings. The fourth-order valence-electron chi connectivity index (χ4n) is 2.56. The van der Waals surface area contributed by atoms with Crippen LogP contribution in [0.2, 0.25) is 5.02 Å². The van der Waals surface area contributed by atoms with Crippen LogP contribution in [0, 0.1) is 10.1 Å². The molecular formula is C19H18ClF3N4O4. The zero-order valence-corrected chi connectivity index (χ0v) is 17.1. The second-order valence-corrected chi connectivity index (χ2v) is 7.00. The van der Waals surface area contributed by atoms with Crippen molar-refractivity contribution in [2.45, 2.75) is 19.1 Å². The number of carbonyl (C=O) groups is 2. The van der Waals surface area contributed by atoms with Gasteiger partial charge in [-0.3, -0.25) is 24.6 Å². The molecule has 2 aromatic carbocycles. The van der Waals surface area contributed by atoms with Crippen molar-refractivity contribution in [3.63, 3.8) is 0 Å². The summed E-state index contributed by atoms with van der Waals surface area (Å²) in [5.74, 6) is -1.27. The second kappa shape index (κ2) is 9.75. The molecule has 0 aromatic heterocycles. The van der Waals surface area contributed by atoms with E-state index in [9.17, 15) is 32.9 Å².